The monoisotopic (exact) mass is 236 g/mol. The summed E-state index contributed by atoms with van der Waals surface area (Å²) < 4.78 is 1.69. The van der Waals surface area contributed by atoms with Crippen molar-refractivity contribution in [1.82, 2.24) is 15.1 Å². The van der Waals surface area contributed by atoms with Crippen LogP contribution in [0.3, 0.4) is 0 Å². The van der Waals surface area contributed by atoms with Gasteiger partial charge in [0.15, 0.2) is 0 Å². The number of hydrogen-bond acceptors (Lipinski definition) is 3. The molecule has 1 heterocycles. The molecule has 1 fully saturated rings. The molecule has 1 aromatic rings. The lowest BCUT2D eigenvalue weighted by Crippen LogP contribution is -2.24. The molecule has 0 atom stereocenters. The maximum absolute atomic E-state index is 11.7. The minimum absolute atomic E-state index is 0.0379. The average Bonchev–Trinajstić information content (AvgIpc) is 3.03. The van der Waals surface area contributed by atoms with Gasteiger partial charge < -0.3 is 11.1 Å². The Bertz CT molecular complexity index is 370. The molecule has 0 radical (unpaired) electrons. The fourth-order valence-corrected chi connectivity index (χ4v) is 1.84. The molecule has 17 heavy (non-hydrogen) atoms. The lowest BCUT2D eigenvalue weighted by molar-refractivity contribution is 0.0952. The van der Waals surface area contributed by atoms with Gasteiger partial charge in [0.05, 0.1) is 18.3 Å². The van der Waals surface area contributed by atoms with Crippen LogP contribution in [-0.2, 0) is 6.54 Å². The molecular formula is C12H20N4O. The molecule has 2 rings (SSSR count). The summed E-state index contributed by atoms with van der Waals surface area (Å²) in [5.74, 6) is 0.892. The maximum atomic E-state index is 11.7. The van der Waals surface area contributed by atoms with Crippen molar-refractivity contribution in [2.45, 2.75) is 32.2 Å². The maximum Gasteiger partial charge on any atom is 0.254 e. The zero-order valence-electron chi connectivity index (χ0n) is 10.1. The Labute approximate surface area is 101 Å². The minimum atomic E-state index is -0.0379. The van der Waals surface area contributed by atoms with Crippen LogP contribution in [0.15, 0.2) is 12.4 Å². The van der Waals surface area contributed by atoms with Crippen LogP contribution in [-0.4, -0.2) is 28.8 Å². The average molecular weight is 236 g/mol. The van der Waals surface area contributed by atoms with E-state index in [-0.39, 0.29) is 5.91 Å². The number of nitrogens with two attached hydrogens (primary N) is 1. The fourth-order valence-electron chi connectivity index (χ4n) is 1.84. The molecule has 0 aromatic carbocycles. The molecular weight excluding hydrogens is 216 g/mol. The summed E-state index contributed by atoms with van der Waals surface area (Å²) >= 11 is 0. The number of carbonyl (C=O) groups is 1. The first kappa shape index (κ1) is 12.1. The Morgan fingerprint density at radius 2 is 2.41 bits per heavy atom. The zero-order chi connectivity index (χ0) is 12.1. The summed E-state index contributed by atoms with van der Waals surface area (Å²) in [6, 6.07) is 0. The second-order valence-corrected chi connectivity index (χ2v) is 4.62. The molecule has 0 aliphatic heterocycles. The lowest BCUT2D eigenvalue weighted by Gasteiger charge is -2.02. The van der Waals surface area contributed by atoms with E-state index in [4.69, 9.17) is 5.73 Å². The molecule has 1 aromatic heterocycles. The van der Waals surface area contributed by atoms with E-state index in [1.54, 1.807) is 17.1 Å². The highest BCUT2D eigenvalue weighted by Gasteiger charge is 2.20. The number of nitrogens with zero attached hydrogens (tertiary/aromatic N) is 2. The van der Waals surface area contributed by atoms with Crippen molar-refractivity contribution in [3.8, 4) is 0 Å². The first-order chi connectivity index (χ1) is 8.29. The van der Waals surface area contributed by atoms with Gasteiger partial charge in [0, 0.05) is 19.3 Å². The second kappa shape index (κ2) is 5.82. The third-order valence-corrected chi connectivity index (χ3v) is 3.03. The van der Waals surface area contributed by atoms with Gasteiger partial charge in [0.1, 0.15) is 0 Å². The van der Waals surface area contributed by atoms with Gasteiger partial charge in [-0.05, 0) is 18.8 Å². The van der Waals surface area contributed by atoms with Crippen molar-refractivity contribution >= 4 is 5.91 Å². The Kier molecular flexibility index (Phi) is 4.14. The summed E-state index contributed by atoms with van der Waals surface area (Å²) in [7, 11) is 0. The third kappa shape index (κ3) is 3.85. The summed E-state index contributed by atoms with van der Waals surface area (Å²) in [6.45, 7) is 1.94. The lowest BCUT2D eigenvalue weighted by atomic mass is 10.2. The Balaban J connectivity index is 1.69. The fraction of sp³-hybridized carbons (Fsp3) is 0.667. The molecule has 5 heteroatoms. The molecule has 0 spiro atoms. The van der Waals surface area contributed by atoms with E-state index in [1.807, 2.05) is 0 Å². The second-order valence-electron chi connectivity index (χ2n) is 4.62. The van der Waals surface area contributed by atoms with Crippen molar-refractivity contribution < 1.29 is 4.79 Å². The van der Waals surface area contributed by atoms with E-state index >= 15 is 0 Å². The van der Waals surface area contributed by atoms with Crippen LogP contribution in [0.25, 0.3) is 0 Å². The third-order valence-electron chi connectivity index (χ3n) is 3.03. The first-order valence-electron chi connectivity index (χ1n) is 6.30. The molecule has 1 amide bonds. The highest BCUT2D eigenvalue weighted by atomic mass is 16.1. The van der Waals surface area contributed by atoms with Gasteiger partial charge in [0.2, 0.25) is 0 Å². The SMILES string of the molecule is NCCn1cc(C(=O)NCCCC2CC2)cn1. The molecule has 0 bridgehead atoms. The van der Waals surface area contributed by atoms with E-state index < -0.39 is 0 Å². The van der Waals surface area contributed by atoms with E-state index in [0.717, 1.165) is 18.9 Å². The van der Waals surface area contributed by atoms with Crippen LogP contribution in [0.5, 0.6) is 0 Å². The van der Waals surface area contributed by atoms with Crippen molar-refractivity contribution in [2.24, 2.45) is 11.7 Å². The standard InChI is InChI=1S/C12H20N4O/c13-5-7-16-9-11(8-15-16)12(17)14-6-1-2-10-3-4-10/h8-10H,1-7,13H2,(H,14,17). The Morgan fingerprint density at radius 1 is 1.59 bits per heavy atom. The van der Waals surface area contributed by atoms with Crippen molar-refractivity contribution in [3.63, 3.8) is 0 Å². The Hall–Kier alpha value is -1.36. The van der Waals surface area contributed by atoms with E-state index in [0.29, 0.717) is 18.7 Å². The molecule has 0 saturated heterocycles. The van der Waals surface area contributed by atoms with Gasteiger partial charge in [-0.1, -0.05) is 12.8 Å². The van der Waals surface area contributed by atoms with Crippen molar-refractivity contribution in [3.05, 3.63) is 18.0 Å². The largest absolute Gasteiger partial charge is 0.352 e. The molecule has 94 valence electrons. The van der Waals surface area contributed by atoms with E-state index in [9.17, 15) is 4.79 Å². The molecule has 1 aliphatic rings. The molecule has 5 nitrogen and oxygen atoms in total. The summed E-state index contributed by atoms with van der Waals surface area (Å²) in [6.07, 6.45) is 8.40. The van der Waals surface area contributed by atoms with E-state index in [1.165, 1.54) is 19.3 Å². The minimum Gasteiger partial charge on any atom is -0.352 e. The number of nitrogens with one attached hydrogen (secondary N) is 1. The highest BCUT2D eigenvalue weighted by Crippen LogP contribution is 2.33. The first-order valence-corrected chi connectivity index (χ1v) is 6.30. The van der Waals surface area contributed by atoms with Gasteiger partial charge >= 0.3 is 0 Å². The van der Waals surface area contributed by atoms with Crippen LogP contribution in [0.4, 0.5) is 0 Å². The zero-order valence-corrected chi connectivity index (χ0v) is 10.1. The summed E-state index contributed by atoms with van der Waals surface area (Å²) in [5, 5.41) is 6.98. The van der Waals surface area contributed by atoms with Crippen LogP contribution >= 0.6 is 0 Å². The van der Waals surface area contributed by atoms with Gasteiger partial charge in [-0.3, -0.25) is 9.48 Å². The van der Waals surface area contributed by atoms with Gasteiger partial charge in [-0.25, -0.2) is 0 Å². The number of aromatic nitrogens is 2. The topological polar surface area (TPSA) is 72.9 Å². The van der Waals surface area contributed by atoms with Crippen molar-refractivity contribution in [2.75, 3.05) is 13.1 Å². The Morgan fingerprint density at radius 3 is 3.12 bits per heavy atom. The highest BCUT2D eigenvalue weighted by molar-refractivity contribution is 5.93. The van der Waals surface area contributed by atoms with Crippen LogP contribution in [0, 0.1) is 5.92 Å². The predicted molar refractivity (Wildman–Crippen MR) is 65.6 cm³/mol. The van der Waals surface area contributed by atoms with Crippen LogP contribution in [0.2, 0.25) is 0 Å². The summed E-state index contributed by atoms with van der Waals surface area (Å²) in [5.41, 5.74) is 6.03. The van der Waals surface area contributed by atoms with Gasteiger partial charge in [0.25, 0.3) is 5.91 Å². The van der Waals surface area contributed by atoms with Gasteiger partial charge in [-0.15, -0.1) is 0 Å². The van der Waals surface area contributed by atoms with Crippen LogP contribution < -0.4 is 11.1 Å². The van der Waals surface area contributed by atoms with E-state index in [2.05, 4.69) is 10.4 Å². The smallest absolute Gasteiger partial charge is 0.254 e. The number of carbonyl (C=O) groups excluding carboxylic acids is 1. The number of hydrogen-bond donors (Lipinski definition) is 2. The molecule has 1 saturated carbocycles. The van der Waals surface area contributed by atoms with Crippen molar-refractivity contribution in [1.29, 1.82) is 0 Å². The molecule has 1 aliphatic carbocycles. The summed E-state index contributed by atoms with van der Waals surface area (Å²) in [4.78, 5) is 11.7. The molecule has 3 N–H and O–H groups in total. The van der Waals surface area contributed by atoms with Crippen LogP contribution in [0.1, 0.15) is 36.0 Å². The van der Waals surface area contributed by atoms with Gasteiger partial charge in [-0.2, -0.15) is 5.10 Å². The normalized spacial score (nSPS) is 14.9. The molecule has 0 unspecified atom stereocenters. The number of rotatable bonds is 7. The number of amides is 1. The predicted octanol–water partition coefficient (Wildman–Crippen LogP) is 0.762. The quantitative estimate of drug-likeness (QED) is 0.686.